The standard InChI is InChI=1S/C31H29ClFNO2/c32-27-6-1-4-25(18-27)28-7-2-5-24-17-26(31(35)36)12-13-29(24)30(28)23-10-8-21(9-11-23)16-22-19-34(20-22)15-3-14-33/h1,4,6,8-13,16-18H,2-3,5,7,14-15,19-20H2,(H,35,36). The second-order valence-electron chi connectivity index (χ2n) is 9.57. The molecule has 0 bridgehead atoms. The monoisotopic (exact) mass is 501 g/mol. The molecule has 0 atom stereocenters. The molecule has 0 unspecified atom stereocenters. The molecule has 0 spiro atoms. The Morgan fingerprint density at radius 1 is 1.00 bits per heavy atom. The number of benzene rings is 3. The summed E-state index contributed by atoms with van der Waals surface area (Å²) in [4.78, 5) is 13.9. The van der Waals surface area contributed by atoms with Gasteiger partial charge in [0.1, 0.15) is 0 Å². The number of halogens is 2. The van der Waals surface area contributed by atoms with Crippen LogP contribution in [0.5, 0.6) is 0 Å². The summed E-state index contributed by atoms with van der Waals surface area (Å²) in [6, 6.07) is 22.1. The molecule has 184 valence electrons. The molecular weight excluding hydrogens is 473 g/mol. The summed E-state index contributed by atoms with van der Waals surface area (Å²) in [7, 11) is 0. The predicted octanol–water partition coefficient (Wildman–Crippen LogP) is 7.39. The van der Waals surface area contributed by atoms with Crippen LogP contribution in [0, 0.1) is 0 Å². The van der Waals surface area contributed by atoms with Gasteiger partial charge in [0, 0.05) is 24.7 Å². The summed E-state index contributed by atoms with van der Waals surface area (Å²) in [5.41, 5.74) is 9.56. The van der Waals surface area contributed by atoms with Gasteiger partial charge in [-0.05, 0) is 94.5 Å². The van der Waals surface area contributed by atoms with Crippen molar-refractivity contribution in [1.82, 2.24) is 4.90 Å². The van der Waals surface area contributed by atoms with Crippen LogP contribution >= 0.6 is 11.6 Å². The molecule has 0 amide bonds. The lowest BCUT2D eigenvalue weighted by atomic mass is 9.87. The third kappa shape index (κ3) is 5.30. The molecule has 1 fully saturated rings. The molecule has 3 nitrogen and oxygen atoms in total. The first-order valence-electron chi connectivity index (χ1n) is 12.5. The lowest BCUT2D eigenvalue weighted by molar-refractivity contribution is 0.0696. The summed E-state index contributed by atoms with van der Waals surface area (Å²) in [5, 5.41) is 10.2. The van der Waals surface area contributed by atoms with Crippen LogP contribution in [0.4, 0.5) is 4.39 Å². The number of rotatable bonds is 7. The van der Waals surface area contributed by atoms with Gasteiger partial charge in [-0.2, -0.15) is 0 Å². The van der Waals surface area contributed by atoms with Gasteiger partial charge in [0.15, 0.2) is 0 Å². The first-order chi connectivity index (χ1) is 17.5. The van der Waals surface area contributed by atoms with Gasteiger partial charge in [-0.25, -0.2) is 4.79 Å². The van der Waals surface area contributed by atoms with Gasteiger partial charge in [-0.3, -0.25) is 9.29 Å². The van der Waals surface area contributed by atoms with E-state index in [-0.39, 0.29) is 6.67 Å². The van der Waals surface area contributed by atoms with Crippen LogP contribution in [0.1, 0.15) is 57.4 Å². The maximum atomic E-state index is 12.4. The van der Waals surface area contributed by atoms with Crippen molar-refractivity contribution < 1.29 is 14.3 Å². The largest absolute Gasteiger partial charge is 0.478 e. The van der Waals surface area contributed by atoms with E-state index < -0.39 is 5.97 Å². The van der Waals surface area contributed by atoms with Gasteiger partial charge in [0.05, 0.1) is 12.2 Å². The number of likely N-dealkylation sites (tertiary alicyclic amines) is 1. The molecule has 1 N–H and O–H groups in total. The zero-order valence-corrected chi connectivity index (χ0v) is 20.9. The minimum atomic E-state index is -0.903. The quantitative estimate of drug-likeness (QED) is 0.367. The zero-order chi connectivity index (χ0) is 25.1. The van der Waals surface area contributed by atoms with Crippen LogP contribution in [-0.4, -0.2) is 42.3 Å². The van der Waals surface area contributed by atoms with E-state index in [4.69, 9.17) is 11.6 Å². The average molecular weight is 502 g/mol. The summed E-state index contributed by atoms with van der Waals surface area (Å²) in [5.74, 6) is -0.903. The molecule has 3 aromatic carbocycles. The van der Waals surface area contributed by atoms with Gasteiger partial charge < -0.3 is 5.11 Å². The van der Waals surface area contributed by atoms with Crippen LogP contribution in [0.15, 0.2) is 72.3 Å². The Morgan fingerprint density at radius 3 is 2.53 bits per heavy atom. The lowest BCUT2D eigenvalue weighted by Gasteiger charge is -2.33. The summed E-state index contributed by atoms with van der Waals surface area (Å²) < 4.78 is 12.4. The fourth-order valence-corrected chi connectivity index (χ4v) is 5.45. The number of alkyl halides is 1. The lowest BCUT2D eigenvalue weighted by Crippen LogP contribution is -2.40. The number of fused-ring (bicyclic) bond motifs is 1. The number of allylic oxidation sites excluding steroid dienone is 1. The second-order valence-corrected chi connectivity index (χ2v) is 10.0. The summed E-state index contributed by atoms with van der Waals surface area (Å²) in [6.45, 7) is 2.37. The number of hydrogen-bond donors (Lipinski definition) is 1. The fraction of sp³-hybridized carbons (Fsp3) is 0.258. The van der Waals surface area contributed by atoms with Gasteiger partial charge in [-0.1, -0.05) is 60.1 Å². The molecule has 3 aromatic rings. The highest BCUT2D eigenvalue weighted by Gasteiger charge is 2.22. The number of hydrogen-bond acceptors (Lipinski definition) is 2. The molecule has 2 aliphatic rings. The van der Waals surface area contributed by atoms with Gasteiger partial charge >= 0.3 is 5.97 Å². The molecule has 36 heavy (non-hydrogen) atoms. The maximum absolute atomic E-state index is 12.4. The number of aromatic carboxylic acids is 1. The molecule has 5 heteroatoms. The van der Waals surface area contributed by atoms with Gasteiger partial charge in [-0.15, -0.1) is 0 Å². The predicted molar refractivity (Wildman–Crippen MR) is 145 cm³/mol. The highest BCUT2D eigenvalue weighted by Crippen LogP contribution is 2.40. The Morgan fingerprint density at radius 2 is 1.81 bits per heavy atom. The van der Waals surface area contributed by atoms with E-state index in [2.05, 4.69) is 41.3 Å². The minimum absolute atomic E-state index is 0.259. The smallest absolute Gasteiger partial charge is 0.335 e. The average Bonchev–Trinajstić information content (AvgIpc) is 3.05. The van der Waals surface area contributed by atoms with Crippen molar-refractivity contribution in [2.24, 2.45) is 0 Å². The van der Waals surface area contributed by atoms with E-state index in [1.165, 1.54) is 11.1 Å². The SMILES string of the molecule is O=C(O)c1ccc2c(c1)CCCC(c1cccc(Cl)c1)=C2c1ccc(C=C2CN(CCCF)C2)cc1. The molecule has 1 heterocycles. The number of carbonyl (C=O) groups is 1. The summed E-state index contributed by atoms with van der Waals surface area (Å²) in [6.07, 6.45) is 5.47. The van der Waals surface area contributed by atoms with Crippen molar-refractivity contribution in [2.45, 2.75) is 25.7 Å². The van der Waals surface area contributed by atoms with Crippen LogP contribution in [0.25, 0.3) is 17.2 Å². The van der Waals surface area contributed by atoms with Crippen molar-refractivity contribution >= 4 is 34.8 Å². The van der Waals surface area contributed by atoms with E-state index in [1.54, 1.807) is 6.07 Å². The molecular formula is C31H29ClFNO2. The first-order valence-corrected chi connectivity index (χ1v) is 12.8. The van der Waals surface area contributed by atoms with Crippen molar-refractivity contribution in [3.8, 4) is 0 Å². The topological polar surface area (TPSA) is 40.5 Å². The number of nitrogens with zero attached hydrogens (tertiary/aromatic N) is 1. The van der Waals surface area contributed by atoms with Crippen LogP contribution in [0.3, 0.4) is 0 Å². The number of carboxylic acids is 1. The van der Waals surface area contributed by atoms with Crippen LogP contribution in [-0.2, 0) is 6.42 Å². The second kappa shape index (κ2) is 10.8. The van der Waals surface area contributed by atoms with Gasteiger partial charge in [0.25, 0.3) is 0 Å². The molecule has 1 aliphatic carbocycles. The van der Waals surface area contributed by atoms with E-state index in [0.29, 0.717) is 17.0 Å². The highest BCUT2D eigenvalue weighted by molar-refractivity contribution is 6.30. The van der Waals surface area contributed by atoms with Crippen LogP contribution < -0.4 is 0 Å². The van der Waals surface area contributed by atoms with E-state index >= 15 is 0 Å². The minimum Gasteiger partial charge on any atom is -0.478 e. The molecule has 1 aliphatic heterocycles. The van der Waals surface area contributed by atoms with Crippen molar-refractivity contribution in [1.29, 1.82) is 0 Å². The third-order valence-corrected chi connectivity index (χ3v) is 7.24. The van der Waals surface area contributed by atoms with Gasteiger partial charge in [0.2, 0.25) is 0 Å². The first kappa shape index (κ1) is 24.5. The van der Waals surface area contributed by atoms with E-state index in [0.717, 1.165) is 72.3 Å². The van der Waals surface area contributed by atoms with E-state index in [9.17, 15) is 14.3 Å². The Hall–Kier alpha value is -3.21. The Kier molecular flexibility index (Phi) is 7.35. The molecule has 0 aromatic heterocycles. The number of aryl methyl sites for hydroxylation is 1. The number of carboxylic acid groups (broad SMARTS) is 1. The Bertz CT molecular complexity index is 1330. The highest BCUT2D eigenvalue weighted by atomic mass is 35.5. The van der Waals surface area contributed by atoms with E-state index in [1.807, 2.05) is 30.3 Å². The molecule has 1 saturated heterocycles. The Balaban J connectivity index is 1.53. The van der Waals surface area contributed by atoms with Crippen LogP contribution in [0.2, 0.25) is 5.02 Å². The molecule has 5 rings (SSSR count). The molecule has 0 radical (unpaired) electrons. The Labute approximate surface area is 216 Å². The zero-order valence-electron chi connectivity index (χ0n) is 20.1. The van der Waals surface area contributed by atoms with Crippen molar-refractivity contribution in [3.05, 3.63) is 111 Å². The fourth-order valence-electron chi connectivity index (χ4n) is 5.26. The van der Waals surface area contributed by atoms with Crippen molar-refractivity contribution in [3.63, 3.8) is 0 Å². The summed E-state index contributed by atoms with van der Waals surface area (Å²) >= 11 is 6.36. The maximum Gasteiger partial charge on any atom is 0.335 e. The normalized spacial score (nSPS) is 15.8. The van der Waals surface area contributed by atoms with Crippen molar-refractivity contribution in [2.75, 3.05) is 26.3 Å². The third-order valence-electron chi connectivity index (χ3n) is 7.00. The molecule has 0 saturated carbocycles.